The fourth-order valence-corrected chi connectivity index (χ4v) is 2.70. The molecule has 0 radical (unpaired) electrons. The number of nitrogens with one attached hydrogen (secondary N) is 1. The van der Waals surface area contributed by atoms with Crippen LogP contribution in [-0.2, 0) is 10.8 Å². The molecule has 0 unspecified atom stereocenters. The molecule has 0 aliphatic carbocycles. The van der Waals surface area contributed by atoms with Gasteiger partial charge < -0.3 is 10.4 Å². The quantitative estimate of drug-likeness (QED) is 0.813. The van der Waals surface area contributed by atoms with Crippen molar-refractivity contribution in [2.75, 3.05) is 5.32 Å². The number of rotatable bonds is 2. The van der Waals surface area contributed by atoms with Gasteiger partial charge in [-0.1, -0.05) is 41.5 Å². The van der Waals surface area contributed by atoms with Crippen molar-refractivity contribution in [3.63, 3.8) is 0 Å². The van der Waals surface area contributed by atoms with E-state index in [-0.39, 0.29) is 22.5 Å². The number of pyridine rings is 1. The zero-order valence-electron chi connectivity index (χ0n) is 16.2. The van der Waals surface area contributed by atoms with Gasteiger partial charge in [0.2, 0.25) is 0 Å². The molecule has 0 atom stereocenters. The number of carbonyl (C=O) groups is 1. The lowest BCUT2D eigenvalue weighted by molar-refractivity contribution is 0.102. The summed E-state index contributed by atoms with van der Waals surface area (Å²) in [7, 11) is 0. The lowest BCUT2D eigenvalue weighted by Gasteiger charge is -2.28. The standard InChI is InChI=1S/C21H28N2O2/c1-13-8-9-22-17(10-13)23-19(25)14-11-15(20(2,3)4)18(24)16(12-14)21(5,6)7/h8-12,24H,1-7H3,(H,22,23,25). The number of aryl methyl sites for hydroxylation is 1. The molecule has 0 aliphatic rings. The van der Waals surface area contributed by atoms with Gasteiger partial charge in [0.05, 0.1) is 0 Å². The van der Waals surface area contributed by atoms with Crippen LogP contribution in [-0.4, -0.2) is 16.0 Å². The highest BCUT2D eigenvalue weighted by atomic mass is 16.3. The number of anilines is 1. The minimum absolute atomic E-state index is 0.228. The molecule has 1 heterocycles. The predicted molar refractivity (Wildman–Crippen MR) is 102 cm³/mol. The van der Waals surface area contributed by atoms with E-state index in [2.05, 4.69) is 10.3 Å². The number of hydrogen-bond donors (Lipinski definition) is 2. The van der Waals surface area contributed by atoms with Crippen LogP contribution in [0.4, 0.5) is 5.82 Å². The Labute approximate surface area is 150 Å². The summed E-state index contributed by atoms with van der Waals surface area (Å²) in [5, 5.41) is 13.6. The fraction of sp³-hybridized carbons (Fsp3) is 0.429. The Morgan fingerprint density at radius 2 is 1.52 bits per heavy atom. The number of aromatic hydroxyl groups is 1. The summed E-state index contributed by atoms with van der Waals surface area (Å²) in [6.07, 6.45) is 1.67. The van der Waals surface area contributed by atoms with E-state index < -0.39 is 0 Å². The smallest absolute Gasteiger partial charge is 0.256 e. The van der Waals surface area contributed by atoms with Gasteiger partial charge in [0, 0.05) is 22.9 Å². The van der Waals surface area contributed by atoms with Gasteiger partial charge in [-0.25, -0.2) is 4.98 Å². The molecule has 1 aromatic heterocycles. The molecule has 134 valence electrons. The fourth-order valence-electron chi connectivity index (χ4n) is 2.70. The van der Waals surface area contributed by atoms with Crippen molar-refractivity contribution < 1.29 is 9.90 Å². The molecule has 0 aliphatic heterocycles. The first kappa shape index (κ1) is 19.0. The molecule has 4 heteroatoms. The highest BCUT2D eigenvalue weighted by Gasteiger charge is 2.27. The van der Waals surface area contributed by atoms with Gasteiger partial charge >= 0.3 is 0 Å². The minimum atomic E-state index is -0.276. The summed E-state index contributed by atoms with van der Waals surface area (Å²) in [5.41, 5.74) is 2.53. The molecule has 25 heavy (non-hydrogen) atoms. The van der Waals surface area contributed by atoms with Crippen LogP contribution in [0.15, 0.2) is 30.5 Å². The van der Waals surface area contributed by atoms with Gasteiger partial charge in [-0.05, 0) is 47.6 Å². The van der Waals surface area contributed by atoms with Gasteiger partial charge in [-0.15, -0.1) is 0 Å². The first-order valence-corrected chi connectivity index (χ1v) is 8.51. The summed E-state index contributed by atoms with van der Waals surface area (Å²) in [6, 6.07) is 7.25. The van der Waals surface area contributed by atoms with Crippen molar-refractivity contribution >= 4 is 11.7 Å². The molecule has 4 nitrogen and oxygen atoms in total. The van der Waals surface area contributed by atoms with Gasteiger partial charge in [-0.2, -0.15) is 0 Å². The van der Waals surface area contributed by atoms with Crippen molar-refractivity contribution in [1.82, 2.24) is 4.98 Å². The van der Waals surface area contributed by atoms with Crippen molar-refractivity contribution in [1.29, 1.82) is 0 Å². The van der Waals surface area contributed by atoms with E-state index in [9.17, 15) is 9.90 Å². The van der Waals surface area contributed by atoms with Crippen molar-refractivity contribution in [3.8, 4) is 5.75 Å². The molecule has 0 spiro atoms. The summed E-state index contributed by atoms with van der Waals surface area (Å²) < 4.78 is 0. The van der Waals surface area contributed by atoms with E-state index >= 15 is 0 Å². The monoisotopic (exact) mass is 340 g/mol. The lowest BCUT2D eigenvalue weighted by Crippen LogP contribution is -2.21. The third-order valence-corrected chi connectivity index (χ3v) is 4.15. The number of hydrogen-bond acceptors (Lipinski definition) is 3. The molecule has 0 saturated carbocycles. The Hall–Kier alpha value is -2.36. The third-order valence-electron chi connectivity index (χ3n) is 4.15. The van der Waals surface area contributed by atoms with E-state index in [1.165, 1.54) is 0 Å². The Bertz CT molecular complexity index is 761. The summed E-state index contributed by atoms with van der Waals surface area (Å²) in [6.45, 7) is 14.1. The highest BCUT2D eigenvalue weighted by Crippen LogP contribution is 2.39. The van der Waals surface area contributed by atoms with Crippen LogP contribution in [0.25, 0.3) is 0 Å². The molecule has 1 aromatic carbocycles. The van der Waals surface area contributed by atoms with E-state index in [0.717, 1.165) is 16.7 Å². The number of phenols is 1. The first-order valence-electron chi connectivity index (χ1n) is 8.51. The number of amides is 1. The first-order chi connectivity index (χ1) is 11.4. The van der Waals surface area contributed by atoms with Crippen LogP contribution in [0.3, 0.4) is 0 Å². The van der Waals surface area contributed by atoms with Gasteiger partial charge in [-0.3, -0.25) is 4.79 Å². The Kier molecular flexibility index (Phi) is 4.94. The number of benzene rings is 1. The molecule has 2 aromatic rings. The van der Waals surface area contributed by atoms with Gasteiger partial charge in [0.15, 0.2) is 0 Å². The molecule has 0 bridgehead atoms. The number of nitrogens with zero attached hydrogens (tertiary/aromatic N) is 1. The summed E-state index contributed by atoms with van der Waals surface area (Å²) in [4.78, 5) is 16.9. The van der Waals surface area contributed by atoms with E-state index in [1.54, 1.807) is 18.3 Å². The summed E-state index contributed by atoms with van der Waals surface area (Å²) in [5.74, 6) is 0.562. The number of phenolic OH excluding ortho intramolecular Hbond substituents is 1. The molecule has 2 rings (SSSR count). The Morgan fingerprint density at radius 1 is 1.00 bits per heavy atom. The van der Waals surface area contributed by atoms with Gasteiger partial charge in [0.25, 0.3) is 5.91 Å². The van der Waals surface area contributed by atoms with Crippen LogP contribution in [0, 0.1) is 6.92 Å². The molecule has 0 saturated heterocycles. The topological polar surface area (TPSA) is 62.2 Å². The summed E-state index contributed by atoms with van der Waals surface area (Å²) >= 11 is 0. The average Bonchev–Trinajstić information content (AvgIpc) is 2.44. The van der Waals surface area contributed by atoms with E-state index in [1.807, 2.05) is 60.6 Å². The Morgan fingerprint density at radius 3 is 1.96 bits per heavy atom. The second-order valence-electron chi connectivity index (χ2n) is 8.59. The lowest BCUT2D eigenvalue weighted by atomic mass is 9.78. The van der Waals surface area contributed by atoms with E-state index in [4.69, 9.17) is 0 Å². The normalized spacial score (nSPS) is 12.1. The Balaban J connectivity index is 2.51. The van der Waals surface area contributed by atoms with Crippen LogP contribution in [0.2, 0.25) is 0 Å². The second-order valence-corrected chi connectivity index (χ2v) is 8.59. The second kappa shape index (κ2) is 6.51. The van der Waals surface area contributed by atoms with Crippen molar-refractivity contribution in [2.24, 2.45) is 0 Å². The SMILES string of the molecule is Cc1ccnc(NC(=O)c2cc(C(C)(C)C)c(O)c(C(C)(C)C)c2)c1. The van der Waals surface area contributed by atoms with Crippen LogP contribution >= 0.6 is 0 Å². The largest absolute Gasteiger partial charge is 0.507 e. The molecule has 0 fully saturated rings. The molecular formula is C21H28N2O2. The molecule has 2 N–H and O–H groups in total. The van der Waals surface area contributed by atoms with Crippen LogP contribution < -0.4 is 5.32 Å². The van der Waals surface area contributed by atoms with Crippen molar-refractivity contribution in [3.05, 3.63) is 52.7 Å². The average molecular weight is 340 g/mol. The van der Waals surface area contributed by atoms with Gasteiger partial charge in [0.1, 0.15) is 11.6 Å². The van der Waals surface area contributed by atoms with Crippen LogP contribution in [0.1, 0.15) is 68.6 Å². The predicted octanol–water partition coefficient (Wildman–Crippen LogP) is 4.94. The third kappa shape index (κ3) is 4.38. The van der Waals surface area contributed by atoms with E-state index in [0.29, 0.717) is 11.4 Å². The number of carbonyl (C=O) groups excluding carboxylic acids is 1. The number of aromatic nitrogens is 1. The maximum Gasteiger partial charge on any atom is 0.256 e. The van der Waals surface area contributed by atoms with Crippen molar-refractivity contribution in [2.45, 2.75) is 59.3 Å². The van der Waals surface area contributed by atoms with Crippen LogP contribution in [0.5, 0.6) is 5.75 Å². The maximum absolute atomic E-state index is 12.8. The highest BCUT2D eigenvalue weighted by molar-refractivity contribution is 6.04. The zero-order valence-corrected chi connectivity index (χ0v) is 16.2. The molecular weight excluding hydrogens is 312 g/mol. The zero-order chi connectivity index (χ0) is 19.0. The maximum atomic E-state index is 12.8. The minimum Gasteiger partial charge on any atom is -0.507 e. The molecule has 1 amide bonds.